The first-order valence-electron chi connectivity index (χ1n) is 6.99. The van der Waals surface area contributed by atoms with Gasteiger partial charge in [-0.3, -0.25) is 4.79 Å². The second-order valence-electron chi connectivity index (χ2n) is 5.36. The fourth-order valence-electron chi connectivity index (χ4n) is 2.47. The normalized spacial score (nSPS) is 20.0. The van der Waals surface area contributed by atoms with Crippen LogP contribution in [0.1, 0.15) is 22.7 Å². The number of carbonyl (C=O) groups is 1. The molecule has 116 valence electrons. The summed E-state index contributed by atoms with van der Waals surface area (Å²) in [5.74, 6) is 0.497. The van der Waals surface area contributed by atoms with Crippen LogP contribution in [-0.2, 0) is 9.84 Å². The Morgan fingerprint density at radius 3 is 2.68 bits per heavy atom. The zero-order chi connectivity index (χ0) is 15.7. The lowest BCUT2D eigenvalue weighted by atomic mass is 10.2. The van der Waals surface area contributed by atoms with Gasteiger partial charge in [-0.2, -0.15) is 0 Å². The Morgan fingerprint density at radius 2 is 2.05 bits per heavy atom. The summed E-state index contributed by atoms with van der Waals surface area (Å²) in [6.07, 6.45) is 0.441. The zero-order valence-electron chi connectivity index (χ0n) is 12.1. The number of hydrogen-bond acceptors (Lipinski definition) is 5. The van der Waals surface area contributed by atoms with E-state index in [1.165, 1.54) is 0 Å². The lowest BCUT2D eigenvalue weighted by molar-refractivity contribution is 0.0935. The summed E-state index contributed by atoms with van der Waals surface area (Å²) >= 11 is 0. The minimum absolute atomic E-state index is 0.0127. The van der Waals surface area contributed by atoms with Crippen LogP contribution in [0.2, 0.25) is 0 Å². The molecule has 7 heteroatoms. The molecular weight excluding hydrogens is 304 g/mol. The van der Waals surface area contributed by atoms with Gasteiger partial charge in [0.15, 0.2) is 15.5 Å². The van der Waals surface area contributed by atoms with Crippen LogP contribution in [0.5, 0.6) is 0 Å². The summed E-state index contributed by atoms with van der Waals surface area (Å²) in [6, 6.07) is 8.94. The molecule has 0 bridgehead atoms. The van der Waals surface area contributed by atoms with Crippen molar-refractivity contribution in [1.82, 2.24) is 10.3 Å². The molecule has 2 aromatic rings. The maximum atomic E-state index is 12.2. The van der Waals surface area contributed by atoms with Gasteiger partial charge in [0, 0.05) is 11.6 Å². The Labute approximate surface area is 128 Å². The van der Waals surface area contributed by atoms with Crippen molar-refractivity contribution in [1.29, 1.82) is 0 Å². The quantitative estimate of drug-likeness (QED) is 0.927. The van der Waals surface area contributed by atoms with E-state index in [1.807, 2.05) is 30.3 Å². The molecule has 1 N–H and O–H groups in total. The number of aromatic nitrogens is 1. The molecule has 0 radical (unpaired) electrons. The van der Waals surface area contributed by atoms with E-state index in [0.717, 1.165) is 5.56 Å². The Morgan fingerprint density at radius 1 is 1.32 bits per heavy atom. The fourth-order valence-corrected chi connectivity index (χ4v) is 4.15. The SMILES string of the molecule is Cc1oc(-c2ccccc2)nc1C(=O)N[C@@H]1CCS(=O)(=O)C1. The summed E-state index contributed by atoms with van der Waals surface area (Å²) in [6.45, 7) is 1.67. The minimum atomic E-state index is -3.03. The smallest absolute Gasteiger partial charge is 0.273 e. The largest absolute Gasteiger partial charge is 0.441 e. The van der Waals surface area contributed by atoms with E-state index in [4.69, 9.17) is 4.42 Å². The van der Waals surface area contributed by atoms with Gasteiger partial charge < -0.3 is 9.73 Å². The third-order valence-electron chi connectivity index (χ3n) is 3.60. The summed E-state index contributed by atoms with van der Waals surface area (Å²) < 4.78 is 28.4. The van der Waals surface area contributed by atoms with Crippen molar-refractivity contribution in [2.75, 3.05) is 11.5 Å². The van der Waals surface area contributed by atoms with Gasteiger partial charge >= 0.3 is 0 Å². The van der Waals surface area contributed by atoms with Crippen molar-refractivity contribution in [3.8, 4) is 11.5 Å². The van der Waals surface area contributed by atoms with Crippen LogP contribution in [0.4, 0.5) is 0 Å². The summed E-state index contributed by atoms with van der Waals surface area (Å²) in [5.41, 5.74) is 0.983. The summed E-state index contributed by atoms with van der Waals surface area (Å²) in [4.78, 5) is 16.5. The van der Waals surface area contributed by atoms with E-state index < -0.39 is 15.7 Å². The van der Waals surface area contributed by atoms with Crippen molar-refractivity contribution in [3.63, 3.8) is 0 Å². The first-order valence-corrected chi connectivity index (χ1v) is 8.81. The van der Waals surface area contributed by atoms with Crippen LogP contribution in [0.25, 0.3) is 11.5 Å². The maximum absolute atomic E-state index is 12.2. The third kappa shape index (κ3) is 3.04. The van der Waals surface area contributed by atoms with E-state index in [0.29, 0.717) is 18.1 Å². The van der Waals surface area contributed by atoms with Crippen LogP contribution in [0.3, 0.4) is 0 Å². The number of rotatable bonds is 3. The molecule has 1 atom stereocenters. The number of sulfone groups is 1. The molecule has 1 aromatic heterocycles. The molecule has 6 nitrogen and oxygen atoms in total. The van der Waals surface area contributed by atoms with Crippen molar-refractivity contribution < 1.29 is 17.6 Å². The first-order chi connectivity index (χ1) is 10.4. The topological polar surface area (TPSA) is 89.3 Å². The molecule has 1 aliphatic rings. The van der Waals surface area contributed by atoms with Crippen molar-refractivity contribution >= 4 is 15.7 Å². The molecule has 1 aromatic carbocycles. The Balaban J connectivity index is 1.78. The van der Waals surface area contributed by atoms with Gasteiger partial charge in [0.05, 0.1) is 11.5 Å². The molecule has 1 fully saturated rings. The van der Waals surface area contributed by atoms with E-state index in [2.05, 4.69) is 10.3 Å². The standard InChI is InChI=1S/C15H16N2O4S/c1-10-13(14(18)16-12-7-8-22(19,20)9-12)17-15(21-10)11-5-3-2-4-6-11/h2-6,12H,7-9H2,1H3,(H,16,18)/t12-/m1/s1. The molecule has 0 unspecified atom stereocenters. The van der Waals surface area contributed by atoms with Gasteiger partial charge in [0.2, 0.25) is 5.89 Å². The summed E-state index contributed by atoms with van der Waals surface area (Å²) in [5, 5.41) is 2.72. The predicted octanol–water partition coefficient (Wildman–Crippen LogP) is 1.57. The molecule has 3 rings (SSSR count). The molecular formula is C15H16N2O4S. The van der Waals surface area contributed by atoms with E-state index in [-0.39, 0.29) is 23.2 Å². The number of amides is 1. The van der Waals surface area contributed by atoms with Crippen LogP contribution >= 0.6 is 0 Å². The Hall–Kier alpha value is -2.15. The molecule has 2 heterocycles. The van der Waals surface area contributed by atoms with Crippen molar-refractivity contribution in [2.24, 2.45) is 0 Å². The van der Waals surface area contributed by atoms with Gasteiger partial charge in [-0.25, -0.2) is 13.4 Å². The van der Waals surface area contributed by atoms with Crippen molar-refractivity contribution in [2.45, 2.75) is 19.4 Å². The Bertz CT molecular complexity index is 796. The van der Waals surface area contributed by atoms with Gasteiger partial charge in [-0.15, -0.1) is 0 Å². The lowest BCUT2D eigenvalue weighted by Crippen LogP contribution is -2.36. The first kappa shape index (κ1) is 14.8. The van der Waals surface area contributed by atoms with Crippen LogP contribution < -0.4 is 5.32 Å². The summed E-state index contributed by atoms with van der Waals surface area (Å²) in [7, 11) is -3.03. The van der Waals surface area contributed by atoms with Gasteiger partial charge in [0.25, 0.3) is 5.91 Å². The number of carbonyl (C=O) groups excluding carboxylic acids is 1. The molecule has 0 spiro atoms. The Kier molecular flexibility index (Phi) is 3.74. The molecule has 22 heavy (non-hydrogen) atoms. The van der Waals surface area contributed by atoms with Gasteiger partial charge in [0.1, 0.15) is 5.76 Å². The number of nitrogens with zero attached hydrogens (tertiary/aromatic N) is 1. The number of oxazole rings is 1. The highest BCUT2D eigenvalue weighted by molar-refractivity contribution is 7.91. The molecule has 1 aliphatic heterocycles. The van der Waals surface area contributed by atoms with E-state index in [9.17, 15) is 13.2 Å². The minimum Gasteiger partial charge on any atom is -0.441 e. The highest BCUT2D eigenvalue weighted by atomic mass is 32.2. The zero-order valence-corrected chi connectivity index (χ0v) is 12.9. The lowest BCUT2D eigenvalue weighted by Gasteiger charge is -2.08. The molecule has 0 aliphatic carbocycles. The number of nitrogens with one attached hydrogen (secondary N) is 1. The maximum Gasteiger partial charge on any atom is 0.273 e. The second kappa shape index (κ2) is 5.57. The number of benzene rings is 1. The van der Waals surface area contributed by atoms with Crippen molar-refractivity contribution in [3.05, 3.63) is 41.8 Å². The number of hydrogen-bond donors (Lipinski definition) is 1. The fraction of sp³-hybridized carbons (Fsp3) is 0.333. The third-order valence-corrected chi connectivity index (χ3v) is 5.37. The molecule has 1 amide bonds. The average Bonchev–Trinajstić information content (AvgIpc) is 3.02. The highest BCUT2D eigenvalue weighted by Gasteiger charge is 2.30. The predicted molar refractivity (Wildman–Crippen MR) is 81.2 cm³/mol. The molecule has 1 saturated heterocycles. The van der Waals surface area contributed by atoms with Gasteiger partial charge in [-0.1, -0.05) is 18.2 Å². The van der Waals surface area contributed by atoms with E-state index in [1.54, 1.807) is 6.92 Å². The van der Waals surface area contributed by atoms with Gasteiger partial charge in [-0.05, 0) is 25.5 Å². The average molecular weight is 320 g/mol. The monoisotopic (exact) mass is 320 g/mol. The molecule has 0 saturated carbocycles. The van der Waals surface area contributed by atoms with Crippen LogP contribution in [0, 0.1) is 6.92 Å². The van der Waals surface area contributed by atoms with Crippen LogP contribution in [-0.4, -0.2) is 36.9 Å². The number of aryl methyl sites for hydroxylation is 1. The highest BCUT2D eigenvalue weighted by Crippen LogP contribution is 2.21. The van der Waals surface area contributed by atoms with Crippen LogP contribution in [0.15, 0.2) is 34.7 Å². The second-order valence-corrected chi connectivity index (χ2v) is 7.59. The van der Waals surface area contributed by atoms with E-state index >= 15 is 0 Å².